The number of nitrogens with zero attached hydrogens (tertiary/aromatic N) is 3. The zero-order chi connectivity index (χ0) is 18.6. The Kier molecular flexibility index (Phi) is 5.85. The van der Waals surface area contributed by atoms with Crippen molar-refractivity contribution in [2.24, 2.45) is 0 Å². The van der Waals surface area contributed by atoms with Crippen LogP contribution in [-0.2, 0) is 4.79 Å². The standard InChI is InChI=1S/C19H24N4O2/c1-12(2)23(13(3)4)19(25)15-6-8-17(20-10-15)18-9-7-16(11-21-18)22-14(5)24/h6-13H,1-5H3,(H,22,24). The Balaban J connectivity index is 2.19. The zero-order valence-electron chi connectivity index (χ0n) is 15.3. The Morgan fingerprint density at radius 2 is 1.48 bits per heavy atom. The molecule has 2 aromatic heterocycles. The number of carbonyl (C=O) groups excluding carboxylic acids is 2. The van der Waals surface area contributed by atoms with Gasteiger partial charge in [-0.1, -0.05) is 0 Å². The molecule has 1 N–H and O–H groups in total. The molecule has 25 heavy (non-hydrogen) atoms. The second-order valence-electron chi connectivity index (χ2n) is 6.45. The van der Waals surface area contributed by atoms with Crippen LogP contribution in [0, 0.1) is 0 Å². The third-order valence-electron chi connectivity index (χ3n) is 3.70. The van der Waals surface area contributed by atoms with Crippen molar-refractivity contribution < 1.29 is 9.59 Å². The second-order valence-corrected chi connectivity index (χ2v) is 6.45. The number of anilines is 1. The lowest BCUT2D eigenvalue weighted by Gasteiger charge is -2.30. The van der Waals surface area contributed by atoms with Crippen LogP contribution < -0.4 is 5.32 Å². The Hall–Kier alpha value is -2.76. The molecule has 0 saturated carbocycles. The molecule has 0 fully saturated rings. The van der Waals surface area contributed by atoms with Crippen molar-refractivity contribution in [3.05, 3.63) is 42.2 Å². The monoisotopic (exact) mass is 340 g/mol. The van der Waals surface area contributed by atoms with Crippen LogP contribution in [0.3, 0.4) is 0 Å². The molecular formula is C19H24N4O2. The Bertz CT molecular complexity index is 729. The van der Waals surface area contributed by atoms with Crippen LogP contribution in [0.4, 0.5) is 5.69 Å². The van der Waals surface area contributed by atoms with E-state index in [4.69, 9.17) is 0 Å². The van der Waals surface area contributed by atoms with Crippen LogP contribution >= 0.6 is 0 Å². The SMILES string of the molecule is CC(=O)Nc1ccc(-c2ccc(C(=O)N(C(C)C)C(C)C)cn2)nc1. The van der Waals surface area contributed by atoms with E-state index in [1.807, 2.05) is 32.6 Å². The molecule has 0 aliphatic heterocycles. The molecule has 6 heteroatoms. The van der Waals surface area contributed by atoms with E-state index in [0.29, 0.717) is 22.6 Å². The maximum absolute atomic E-state index is 12.7. The highest BCUT2D eigenvalue weighted by molar-refractivity contribution is 5.94. The number of pyridine rings is 2. The first kappa shape index (κ1) is 18.6. The van der Waals surface area contributed by atoms with Gasteiger partial charge >= 0.3 is 0 Å². The molecule has 2 aromatic rings. The summed E-state index contributed by atoms with van der Waals surface area (Å²) in [5.41, 5.74) is 2.54. The van der Waals surface area contributed by atoms with Crippen LogP contribution in [0.5, 0.6) is 0 Å². The summed E-state index contributed by atoms with van der Waals surface area (Å²) in [5.74, 6) is -0.173. The number of aromatic nitrogens is 2. The number of hydrogen-bond acceptors (Lipinski definition) is 4. The van der Waals surface area contributed by atoms with E-state index in [1.54, 1.807) is 36.7 Å². The van der Waals surface area contributed by atoms with Crippen LogP contribution in [0.1, 0.15) is 45.0 Å². The van der Waals surface area contributed by atoms with Crippen LogP contribution in [0.25, 0.3) is 11.4 Å². The van der Waals surface area contributed by atoms with E-state index in [-0.39, 0.29) is 23.9 Å². The van der Waals surface area contributed by atoms with Crippen molar-refractivity contribution in [1.29, 1.82) is 0 Å². The number of nitrogens with one attached hydrogen (secondary N) is 1. The van der Waals surface area contributed by atoms with Crippen molar-refractivity contribution in [3.8, 4) is 11.4 Å². The molecule has 0 aliphatic rings. The molecule has 6 nitrogen and oxygen atoms in total. The highest BCUT2D eigenvalue weighted by atomic mass is 16.2. The summed E-state index contributed by atoms with van der Waals surface area (Å²) in [7, 11) is 0. The number of amides is 2. The van der Waals surface area contributed by atoms with Gasteiger partial charge in [-0.05, 0) is 52.0 Å². The highest BCUT2D eigenvalue weighted by Gasteiger charge is 2.21. The van der Waals surface area contributed by atoms with Gasteiger partial charge in [-0.25, -0.2) is 0 Å². The molecule has 0 radical (unpaired) electrons. The molecule has 2 rings (SSSR count). The normalized spacial score (nSPS) is 10.8. The fourth-order valence-electron chi connectivity index (χ4n) is 2.71. The lowest BCUT2D eigenvalue weighted by molar-refractivity contribution is -0.114. The van der Waals surface area contributed by atoms with E-state index in [1.165, 1.54) is 6.92 Å². The minimum absolute atomic E-state index is 0.0296. The Morgan fingerprint density at radius 1 is 0.920 bits per heavy atom. The minimum Gasteiger partial charge on any atom is -0.334 e. The van der Waals surface area contributed by atoms with Crippen molar-refractivity contribution >= 4 is 17.5 Å². The van der Waals surface area contributed by atoms with Gasteiger partial charge in [-0.2, -0.15) is 0 Å². The van der Waals surface area contributed by atoms with Crippen molar-refractivity contribution in [2.45, 2.75) is 46.7 Å². The van der Waals surface area contributed by atoms with Gasteiger partial charge in [-0.15, -0.1) is 0 Å². The fourth-order valence-corrected chi connectivity index (χ4v) is 2.71. The maximum Gasteiger partial charge on any atom is 0.255 e. The van der Waals surface area contributed by atoms with Gasteiger partial charge in [0.2, 0.25) is 5.91 Å². The third-order valence-corrected chi connectivity index (χ3v) is 3.70. The summed E-state index contributed by atoms with van der Waals surface area (Å²) < 4.78 is 0. The second kappa shape index (κ2) is 7.88. The van der Waals surface area contributed by atoms with Gasteiger partial charge in [0.1, 0.15) is 0 Å². The average Bonchev–Trinajstić information content (AvgIpc) is 2.54. The highest BCUT2D eigenvalue weighted by Crippen LogP contribution is 2.18. The van der Waals surface area contributed by atoms with Gasteiger partial charge in [-0.3, -0.25) is 19.6 Å². The maximum atomic E-state index is 12.7. The lowest BCUT2D eigenvalue weighted by Crippen LogP contribution is -2.42. The van der Waals surface area contributed by atoms with Gasteiger partial charge in [0.15, 0.2) is 0 Å². The summed E-state index contributed by atoms with van der Waals surface area (Å²) in [6, 6.07) is 7.34. The molecule has 2 amide bonds. The quantitative estimate of drug-likeness (QED) is 0.905. The molecular weight excluding hydrogens is 316 g/mol. The van der Waals surface area contributed by atoms with Gasteiger partial charge in [0.25, 0.3) is 5.91 Å². The predicted molar refractivity (Wildman–Crippen MR) is 98.2 cm³/mol. The smallest absolute Gasteiger partial charge is 0.255 e. The van der Waals surface area contributed by atoms with Crippen LogP contribution in [0.2, 0.25) is 0 Å². The molecule has 2 heterocycles. The fraction of sp³-hybridized carbons (Fsp3) is 0.368. The molecule has 0 aromatic carbocycles. The number of hydrogen-bond donors (Lipinski definition) is 1. The lowest BCUT2D eigenvalue weighted by atomic mass is 10.1. The van der Waals surface area contributed by atoms with Crippen molar-refractivity contribution in [1.82, 2.24) is 14.9 Å². The number of carbonyl (C=O) groups is 2. The van der Waals surface area contributed by atoms with Crippen molar-refractivity contribution in [3.63, 3.8) is 0 Å². The van der Waals surface area contributed by atoms with E-state index in [9.17, 15) is 9.59 Å². The van der Waals surface area contributed by atoms with E-state index < -0.39 is 0 Å². The molecule has 132 valence electrons. The first-order valence-electron chi connectivity index (χ1n) is 8.32. The first-order valence-corrected chi connectivity index (χ1v) is 8.32. The average molecular weight is 340 g/mol. The Morgan fingerprint density at radius 3 is 1.88 bits per heavy atom. The summed E-state index contributed by atoms with van der Waals surface area (Å²) in [5, 5.41) is 2.67. The topological polar surface area (TPSA) is 75.2 Å². The van der Waals surface area contributed by atoms with E-state index in [2.05, 4.69) is 15.3 Å². The molecule has 0 unspecified atom stereocenters. The summed E-state index contributed by atoms with van der Waals surface area (Å²) in [6.07, 6.45) is 3.16. The summed E-state index contributed by atoms with van der Waals surface area (Å²) in [4.78, 5) is 34.2. The molecule has 0 aliphatic carbocycles. The Labute approximate surface area is 148 Å². The third kappa shape index (κ3) is 4.62. The van der Waals surface area contributed by atoms with Gasteiger partial charge < -0.3 is 10.2 Å². The van der Waals surface area contributed by atoms with Crippen LogP contribution in [0.15, 0.2) is 36.7 Å². The van der Waals surface area contributed by atoms with Crippen LogP contribution in [-0.4, -0.2) is 38.8 Å². The molecule has 0 atom stereocenters. The van der Waals surface area contributed by atoms with Crippen molar-refractivity contribution in [2.75, 3.05) is 5.32 Å². The summed E-state index contributed by atoms with van der Waals surface area (Å²) >= 11 is 0. The first-order chi connectivity index (χ1) is 11.8. The van der Waals surface area contributed by atoms with E-state index >= 15 is 0 Å². The molecule has 0 bridgehead atoms. The molecule has 0 saturated heterocycles. The predicted octanol–water partition coefficient (Wildman–Crippen LogP) is 3.36. The largest absolute Gasteiger partial charge is 0.334 e. The summed E-state index contributed by atoms with van der Waals surface area (Å²) in [6.45, 7) is 9.45. The van der Waals surface area contributed by atoms with Gasteiger partial charge in [0.05, 0.1) is 28.8 Å². The zero-order valence-corrected chi connectivity index (χ0v) is 15.3. The van der Waals surface area contributed by atoms with Gasteiger partial charge in [0, 0.05) is 25.2 Å². The number of rotatable bonds is 5. The van der Waals surface area contributed by atoms with E-state index in [0.717, 1.165) is 0 Å². The minimum atomic E-state index is -0.143. The molecule has 0 spiro atoms.